The molecule has 2 amide bonds. The molecule has 0 aliphatic carbocycles. The van der Waals surface area contributed by atoms with Gasteiger partial charge in [-0.15, -0.1) is 0 Å². The summed E-state index contributed by atoms with van der Waals surface area (Å²) in [6.07, 6.45) is 3.49. The van der Waals surface area contributed by atoms with Gasteiger partial charge in [-0.05, 0) is 44.3 Å². The third-order valence-corrected chi connectivity index (χ3v) is 7.84. The number of nitrogens with zero attached hydrogens (tertiary/aromatic N) is 4. The number of hydrogen-bond donors (Lipinski definition) is 1. The van der Waals surface area contributed by atoms with E-state index in [0.717, 1.165) is 25.1 Å². The number of aromatic nitrogens is 2. The molecular weight excluding hydrogens is 544 g/mol. The zero-order valence-corrected chi connectivity index (χ0v) is 22.7. The van der Waals surface area contributed by atoms with Crippen molar-refractivity contribution in [2.75, 3.05) is 45.2 Å². The zero-order valence-electron chi connectivity index (χ0n) is 21.9. The average Bonchev–Trinajstić information content (AvgIpc) is 3.50. The highest BCUT2D eigenvalue weighted by Crippen LogP contribution is 2.39. The third kappa shape index (κ3) is 5.31. The first-order chi connectivity index (χ1) is 19.2. The molecule has 2 aromatic carbocycles. The molecule has 1 N–H and O–H groups in total. The molecule has 5 rings (SSSR count). The maximum absolute atomic E-state index is 15.2. The molecule has 0 spiro atoms. The van der Waals surface area contributed by atoms with Crippen LogP contribution in [0.5, 0.6) is 5.75 Å². The minimum Gasteiger partial charge on any atom is -0.497 e. The van der Waals surface area contributed by atoms with Crippen molar-refractivity contribution in [3.63, 3.8) is 0 Å². The van der Waals surface area contributed by atoms with E-state index in [9.17, 15) is 14.4 Å². The van der Waals surface area contributed by atoms with Crippen LogP contribution < -0.4 is 20.5 Å². The predicted molar refractivity (Wildman–Crippen MR) is 145 cm³/mol. The molecule has 0 saturated carbocycles. The summed E-state index contributed by atoms with van der Waals surface area (Å²) >= 11 is 5.90. The lowest BCUT2D eigenvalue weighted by molar-refractivity contribution is -0.120. The Kier molecular flexibility index (Phi) is 7.86. The number of benzene rings is 2. The second kappa shape index (κ2) is 11.3. The van der Waals surface area contributed by atoms with Gasteiger partial charge in [0.15, 0.2) is 0 Å². The molecule has 2 aliphatic heterocycles. The molecular formula is C28H28ClF2N5O4. The average molecular weight is 572 g/mol. The molecule has 210 valence electrons. The summed E-state index contributed by atoms with van der Waals surface area (Å²) in [5.74, 6) is -4.87. The lowest BCUT2D eigenvalue weighted by atomic mass is 9.87. The first-order valence-corrected chi connectivity index (χ1v) is 13.2. The lowest BCUT2D eigenvalue weighted by Crippen LogP contribution is -2.38. The Labute approximate surface area is 234 Å². The number of hydrogen-bond acceptors (Lipinski definition) is 6. The van der Waals surface area contributed by atoms with E-state index >= 15 is 8.78 Å². The number of anilines is 1. The van der Waals surface area contributed by atoms with Crippen molar-refractivity contribution in [3.8, 4) is 5.75 Å². The Bertz CT molecular complexity index is 1480. The molecule has 3 heterocycles. The van der Waals surface area contributed by atoms with Crippen molar-refractivity contribution in [3.05, 3.63) is 87.1 Å². The van der Waals surface area contributed by atoms with Crippen LogP contribution in [0.2, 0.25) is 5.02 Å². The highest BCUT2D eigenvalue weighted by molar-refractivity contribution is 6.30. The van der Waals surface area contributed by atoms with Crippen LogP contribution in [0.15, 0.2) is 53.7 Å². The van der Waals surface area contributed by atoms with Crippen LogP contribution in [0, 0.1) is 17.6 Å². The molecule has 2 saturated heterocycles. The number of ether oxygens (including phenoxy) is 1. The molecule has 0 bridgehead atoms. The summed E-state index contributed by atoms with van der Waals surface area (Å²) in [6, 6.07) is 8.15. The zero-order chi connectivity index (χ0) is 28.6. The SMILES string of the molecule is COc1cc(F)c([C@@H]2CN(c3cncn(C4CCN(C)C4)c3=O)C(=O)C2CNC(=O)c2ccc(Cl)cc2)c(F)c1. The van der Waals surface area contributed by atoms with E-state index in [4.69, 9.17) is 16.3 Å². The molecule has 9 nitrogen and oxygen atoms in total. The Morgan fingerprint density at radius 1 is 1.15 bits per heavy atom. The number of methoxy groups -OCH3 is 1. The predicted octanol–water partition coefficient (Wildman–Crippen LogP) is 3.24. The van der Waals surface area contributed by atoms with E-state index < -0.39 is 40.8 Å². The summed E-state index contributed by atoms with van der Waals surface area (Å²) in [6.45, 7) is 1.08. The second-order valence-corrected chi connectivity index (χ2v) is 10.5. The van der Waals surface area contributed by atoms with Gasteiger partial charge >= 0.3 is 0 Å². The number of amides is 2. The van der Waals surface area contributed by atoms with Crippen molar-refractivity contribution < 1.29 is 23.1 Å². The molecule has 0 radical (unpaired) electrons. The van der Waals surface area contributed by atoms with E-state index in [-0.39, 0.29) is 36.1 Å². The maximum atomic E-state index is 15.2. The van der Waals surface area contributed by atoms with E-state index in [1.54, 1.807) is 12.1 Å². The molecule has 12 heteroatoms. The summed E-state index contributed by atoms with van der Waals surface area (Å²) < 4.78 is 36.9. The van der Waals surface area contributed by atoms with Gasteiger partial charge in [0.05, 0.1) is 31.6 Å². The van der Waals surface area contributed by atoms with Crippen LogP contribution in [0.3, 0.4) is 0 Å². The van der Waals surface area contributed by atoms with Crippen LogP contribution >= 0.6 is 11.6 Å². The van der Waals surface area contributed by atoms with Gasteiger partial charge in [0.25, 0.3) is 11.5 Å². The summed E-state index contributed by atoms with van der Waals surface area (Å²) in [5, 5.41) is 3.15. The number of carbonyl (C=O) groups is 2. The minimum absolute atomic E-state index is 0.0100. The van der Waals surface area contributed by atoms with Gasteiger partial charge in [0.1, 0.15) is 23.1 Å². The Hall–Kier alpha value is -3.83. The maximum Gasteiger partial charge on any atom is 0.277 e. The molecule has 2 fully saturated rings. The van der Waals surface area contributed by atoms with E-state index in [1.807, 2.05) is 7.05 Å². The first-order valence-electron chi connectivity index (χ1n) is 12.8. The normalized spacial score (nSPS) is 21.2. The first kappa shape index (κ1) is 27.7. The van der Waals surface area contributed by atoms with Gasteiger partial charge in [-0.2, -0.15) is 0 Å². The van der Waals surface area contributed by atoms with Gasteiger partial charge in [-0.1, -0.05) is 11.6 Å². The smallest absolute Gasteiger partial charge is 0.277 e. The van der Waals surface area contributed by atoms with Gasteiger partial charge in [-0.25, -0.2) is 13.8 Å². The topological polar surface area (TPSA) is 96.8 Å². The number of likely N-dealkylation sites (N-methyl/N-ethyl adjacent to an activating group) is 1. The molecule has 2 aliphatic rings. The van der Waals surface area contributed by atoms with Crippen LogP contribution in [0.25, 0.3) is 0 Å². The molecule has 2 unspecified atom stereocenters. The van der Waals surface area contributed by atoms with Gasteiger partial charge in [0, 0.05) is 53.8 Å². The van der Waals surface area contributed by atoms with Gasteiger partial charge in [0.2, 0.25) is 5.91 Å². The van der Waals surface area contributed by atoms with Crippen molar-refractivity contribution in [1.82, 2.24) is 19.8 Å². The fourth-order valence-corrected chi connectivity index (χ4v) is 5.59. The second-order valence-electron chi connectivity index (χ2n) is 10.1. The number of carbonyl (C=O) groups excluding carboxylic acids is 2. The minimum atomic E-state index is -1.06. The van der Waals surface area contributed by atoms with Crippen LogP contribution in [0.4, 0.5) is 14.5 Å². The number of nitrogens with one attached hydrogen (secondary N) is 1. The largest absolute Gasteiger partial charge is 0.497 e. The van der Waals surface area contributed by atoms with E-state index in [2.05, 4.69) is 15.2 Å². The molecule has 3 atom stereocenters. The Balaban J connectivity index is 1.49. The molecule has 3 aromatic rings. The fraction of sp³-hybridized carbons (Fsp3) is 0.357. The van der Waals surface area contributed by atoms with E-state index in [1.165, 1.54) is 41.2 Å². The highest BCUT2D eigenvalue weighted by atomic mass is 35.5. The van der Waals surface area contributed by atoms with Crippen molar-refractivity contribution >= 4 is 29.1 Å². The Morgan fingerprint density at radius 3 is 2.48 bits per heavy atom. The highest BCUT2D eigenvalue weighted by Gasteiger charge is 2.45. The standard InChI is InChI=1S/C28H28ClF2N5O4/c1-34-8-7-18(13-34)36-15-32-12-24(28(36)39)35-14-21(25-22(30)9-19(40-2)10-23(25)31)20(27(35)38)11-33-26(37)16-3-5-17(29)6-4-16/h3-6,9-10,12,15,18,20-21H,7-8,11,13-14H2,1-2H3,(H,33,37)/t18?,20?,21-/m1/s1. The molecule has 1 aromatic heterocycles. The quantitative estimate of drug-likeness (QED) is 0.468. The fourth-order valence-electron chi connectivity index (χ4n) is 5.46. The van der Waals surface area contributed by atoms with Crippen molar-refractivity contribution in [1.29, 1.82) is 0 Å². The van der Waals surface area contributed by atoms with E-state index in [0.29, 0.717) is 17.1 Å². The summed E-state index contributed by atoms with van der Waals surface area (Å²) in [7, 11) is 3.25. The van der Waals surface area contributed by atoms with Crippen LogP contribution in [-0.4, -0.2) is 66.6 Å². The summed E-state index contributed by atoms with van der Waals surface area (Å²) in [5.41, 5.74) is -0.400. The van der Waals surface area contributed by atoms with Gasteiger partial charge in [-0.3, -0.25) is 19.0 Å². The number of halogens is 3. The number of rotatable bonds is 7. The molecule has 40 heavy (non-hydrogen) atoms. The lowest BCUT2D eigenvalue weighted by Gasteiger charge is -2.20. The third-order valence-electron chi connectivity index (χ3n) is 7.59. The Morgan fingerprint density at radius 2 is 1.85 bits per heavy atom. The van der Waals surface area contributed by atoms with Crippen molar-refractivity contribution in [2.24, 2.45) is 5.92 Å². The van der Waals surface area contributed by atoms with Crippen molar-refractivity contribution in [2.45, 2.75) is 18.4 Å². The monoisotopic (exact) mass is 571 g/mol. The number of likely N-dealkylation sites (tertiary alicyclic amines) is 1. The van der Waals surface area contributed by atoms with Gasteiger partial charge < -0.3 is 19.9 Å². The van der Waals surface area contributed by atoms with Crippen LogP contribution in [0.1, 0.15) is 34.3 Å². The summed E-state index contributed by atoms with van der Waals surface area (Å²) in [4.78, 5) is 47.6. The van der Waals surface area contributed by atoms with Crippen LogP contribution in [-0.2, 0) is 4.79 Å².